The van der Waals surface area contributed by atoms with E-state index in [1.807, 2.05) is 0 Å². The van der Waals surface area contributed by atoms with Crippen LogP contribution in [0, 0.1) is 5.41 Å². The Morgan fingerprint density at radius 1 is 1.20 bits per heavy atom. The fourth-order valence-electron chi connectivity index (χ4n) is 3.90. The van der Waals surface area contributed by atoms with Gasteiger partial charge < -0.3 is 20.5 Å². The van der Waals surface area contributed by atoms with E-state index >= 15 is 0 Å². The predicted molar refractivity (Wildman–Crippen MR) is 75.3 cm³/mol. The molecule has 0 bridgehead atoms. The van der Waals surface area contributed by atoms with Crippen molar-refractivity contribution in [3.63, 3.8) is 0 Å². The first-order chi connectivity index (χ1) is 9.67. The van der Waals surface area contributed by atoms with Crippen LogP contribution in [0.3, 0.4) is 0 Å². The fraction of sp³-hybridized carbons (Fsp3) is 0.933. The van der Waals surface area contributed by atoms with Crippen molar-refractivity contribution in [2.24, 2.45) is 5.41 Å². The number of carbonyl (C=O) groups is 1. The van der Waals surface area contributed by atoms with Crippen LogP contribution in [-0.2, 0) is 9.53 Å². The maximum atomic E-state index is 12.1. The zero-order valence-electron chi connectivity index (χ0n) is 12.1. The molecule has 1 saturated carbocycles. The Bertz CT molecular complexity index is 345. The number of amides is 1. The van der Waals surface area contributed by atoms with Gasteiger partial charge >= 0.3 is 0 Å². The van der Waals surface area contributed by atoms with E-state index in [-0.39, 0.29) is 18.1 Å². The lowest BCUT2D eigenvalue weighted by Gasteiger charge is -2.43. The maximum Gasteiger partial charge on any atom is 0.237 e. The Kier molecular flexibility index (Phi) is 4.29. The molecule has 0 aromatic heterocycles. The van der Waals surface area contributed by atoms with Crippen LogP contribution in [0.15, 0.2) is 0 Å². The van der Waals surface area contributed by atoms with Gasteiger partial charge in [-0.05, 0) is 50.4 Å². The number of carbonyl (C=O) groups excluding carboxylic acids is 1. The van der Waals surface area contributed by atoms with Crippen molar-refractivity contribution >= 4 is 5.91 Å². The van der Waals surface area contributed by atoms with Gasteiger partial charge in [-0.15, -0.1) is 0 Å². The summed E-state index contributed by atoms with van der Waals surface area (Å²) >= 11 is 0. The number of hydrogen-bond acceptors (Lipinski definition) is 4. The molecule has 5 nitrogen and oxygen atoms in total. The highest BCUT2D eigenvalue weighted by Crippen LogP contribution is 2.44. The van der Waals surface area contributed by atoms with Crippen LogP contribution >= 0.6 is 0 Å². The van der Waals surface area contributed by atoms with E-state index in [1.165, 1.54) is 25.7 Å². The normalized spacial score (nSPS) is 34.2. The van der Waals surface area contributed by atoms with Crippen molar-refractivity contribution in [1.82, 2.24) is 10.6 Å². The van der Waals surface area contributed by atoms with E-state index in [1.54, 1.807) is 0 Å². The van der Waals surface area contributed by atoms with Crippen LogP contribution in [0.4, 0.5) is 0 Å². The van der Waals surface area contributed by atoms with E-state index in [9.17, 15) is 9.90 Å². The average molecular weight is 282 g/mol. The predicted octanol–water partition coefficient (Wildman–Crippen LogP) is 0.565. The Labute approximate surface area is 120 Å². The third-order valence-corrected chi connectivity index (χ3v) is 5.37. The van der Waals surface area contributed by atoms with Crippen LogP contribution in [0.2, 0.25) is 0 Å². The lowest BCUT2D eigenvalue weighted by molar-refractivity contribution is -0.124. The van der Waals surface area contributed by atoms with Crippen molar-refractivity contribution in [1.29, 1.82) is 0 Å². The number of nitrogens with one attached hydrogen (secondary N) is 2. The first-order valence-electron chi connectivity index (χ1n) is 7.96. The molecular weight excluding hydrogens is 256 g/mol. The van der Waals surface area contributed by atoms with Gasteiger partial charge in [0, 0.05) is 25.8 Å². The molecule has 1 amide bonds. The minimum atomic E-state index is -0.373. The highest BCUT2D eigenvalue weighted by Gasteiger charge is 2.37. The molecule has 2 heterocycles. The SMILES string of the molecule is O=C(NC1CCC2(CCOCC2)CC1)[C@H]1C[C@H](O)CN1. The summed E-state index contributed by atoms with van der Waals surface area (Å²) in [5.41, 5.74) is 0.487. The minimum Gasteiger partial charge on any atom is -0.392 e. The Hall–Kier alpha value is -0.650. The molecule has 20 heavy (non-hydrogen) atoms. The third kappa shape index (κ3) is 3.15. The summed E-state index contributed by atoms with van der Waals surface area (Å²) < 4.78 is 5.46. The molecule has 1 spiro atoms. The van der Waals surface area contributed by atoms with Gasteiger partial charge in [-0.2, -0.15) is 0 Å². The van der Waals surface area contributed by atoms with Crippen LogP contribution < -0.4 is 10.6 Å². The topological polar surface area (TPSA) is 70.6 Å². The second-order valence-corrected chi connectivity index (χ2v) is 6.75. The lowest BCUT2D eigenvalue weighted by Crippen LogP contribution is -2.48. The van der Waals surface area contributed by atoms with Crippen LogP contribution in [-0.4, -0.2) is 49.0 Å². The molecule has 3 rings (SSSR count). The maximum absolute atomic E-state index is 12.1. The third-order valence-electron chi connectivity index (χ3n) is 5.37. The first-order valence-corrected chi connectivity index (χ1v) is 7.96. The van der Waals surface area contributed by atoms with Gasteiger partial charge in [0.2, 0.25) is 5.91 Å². The van der Waals surface area contributed by atoms with Gasteiger partial charge in [-0.25, -0.2) is 0 Å². The largest absolute Gasteiger partial charge is 0.392 e. The molecule has 3 fully saturated rings. The zero-order valence-corrected chi connectivity index (χ0v) is 12.1. The van der Waals surface area contributed by atoms with Crippen molar-refractivity contribution in [3.05, 3.63) is 0 Å². The summed E-state index contributed by atoms with van der Waals surface area (Å²) in [4.78, 5) is 12.1. The number of rotatable bonds is 2. The molecule has 0 aromatic carbocycles. The highest BCUT2D eigenvalue weighted by molar-refractivity contribution is 5.82. The molecule has 2 aliphatic heterocycles. The summed E-state index contributed by atoms with van der Waals surface area (Å²) in [5, 5.41) is 15.7. The van der Waals surface area contributed by atoms with Crippen LogP contribution in [0.1, 0.15) is 44.9 Å². The molecule has 0 aromatic rings. The van der Waals surface area contributed by atoms with Crippen molar-refractivity contribution in [2.45, 2.75) is 63.1 Å². The highest BCUT2D eigenvalue weighted by atomic mass is 16.5. The van der Waals surface area contributed by atoms with E-state index in [2.05, 4.69) is 10.6 Å². The van der Waals surface area contributed by atoms with E-state index in [0.29, 0.717) is 24.4 Å². The second kappa shape index (κ2) is 6.00. The summed E-state index contributed by atoms with van der Waals surface area (Å²) in [6, 6.07) is 0.111. The molecule has 0 radical (unpaired) electrons. The van der Waals surface area contributed by atoms with Crippen molar-refractivity contribution in [2.75, 3.05) is 19.8 Å². The van der Waals surface area contributed by atoms with E-state index in [0.717, 1.165) is 26.1 Å². The molecule has 2 saturated heterocycles. The molecule has 2 atom stereocenters. The summed E-state index contributed by atoms with van der Waals surface area (Å²) in [7, 11) is 0. The lowest BCUT2D eigenvalue weighted by atomic mass is 9.68. The van der Waals surface area contributed by atoms with Gasteiger partial charge in [0.1, 0.15) is 0 Å². The number of ether oxygens (including phenoxy) is 1. The number of aliphatic hydroxyl groups is 1. The molecular formula is C15H26N2O3. The van der Waals surface area contributed by atoms with Crippen LogP contribution in [0.5, 0.6) is 0 Å². The van der Waals surface area contributed by atoms with E-state index in [4.69, 9.17) is 4.74 Å². The standard InChI is InChI=1S/C15H26N2O3/c18-12-9-13(16-10-12)14(19)17-11-1-3-15(4-2-11)5-7-20-8-6-15/h11-13,16,18H,1-10H2,(H,17,19)/t12-,13+/m0/s1. The minimum absolute atomic E-state index is 0.0643. The smallest absolute Gasteiger partial charge is 0.237 e. The number of β-amino-alcohol motifs (C(OH)–C–C–N with tert-alkyl or cyclic N) is 1. The van der Waals surface area contributed by atoms with Gasteiger partial charge in [-0.3, -0.25) is 4.79 Å². The molecule has 1 aliphatic carbocycles. The molecule has 3 N–H and O–H groups in total. The van der Waals surface area contributed by atoms with E-state index < -0.39 is 0 Å². The summed E-state index contributed by atoms with van der Waals surface area (Å²) in [5.74, 6) is 0.0643. The molecule has 0 unspecified atom stereocenters. The molecule has 114 valence electrons. The summed E-state index contributed by atoms with van der Waals surface area (Å²) in [6.07, 6.45) is 7.13. The van der Waals surface area contributed by atoms with Gasteiger partial charge in [0.25, 0.3) is 0 Å². The molecule has 5 heteroatoms. The van der Waals surface area contributed by atoms with Gasteiger partial charge in [0.05, 0.1) is 12.1 Å². The van der Waals surface area contributed by atoms with Crippen molar-refractivity contribution < 1.29 is 14.6 Å². The number of hydrogen-bond donors (Lipinski definition) is 3. The second-order valence-electron chi connectivity index (χ2n) is 6.75. The zero-order chi connectivity index (χ0) is 14.0. The number of aliphatic hydroxyl groups excluding tert-OH is 1. The average Bonchev–Trinajstić information content (AvgIpc) is 2.89. The molecule has 3 aliphatic rings. The Morgan fingerprint density at radius 2 is 1.90 bits per heavy atom. The quantitative estimate of drug-likeness (QED) is 0.692. The van der Waals surface area contributed by atoms with Crippen molar-refractivity contribution in [3.8, 4) is 0 Å². The Morgan fingerprint density at radius 3 is 2.50 bits per heavy atom. The van der Waals surface area contributed by atoms with Crippen LogP contribution in [0.25, 0.3) is 0 Å². The van der Waals surface area contributed by atoms with Gasteiger partial charge in [-0.1, -0.05) is 0 Å². The summed E-state index contributed by atoms with van der Waals surface area (Å²) in [6.45, 7) is 2.34. The Balaban J connectivity index is 1.45. The fourth-order valence-corrected chi connectivity index (χ4v) is 3.90. The monoisotopic (exact) mass is 282 g/mol. The van der Waals surface area contributed by atoms with Gasteiger partial charge in [0.15, 0.2) is 0 Å². The first kappa shape index (κ1) is 14.3.